The summed E-state index contributed by atoms with van der Waals surface area (Å²) in [5.74, 6) is 0.865. The van der Waals surface area contributed by atoms with E-state index in [-0.39, 0.29) is 17.1 Å². The van der Waals surface area contributed by atoms with Crippen LogP contribution in [0, 0.1) is 11.3 Å². The highest BCUT2D eigenvalue weighted by Crippen LogP contribution is 2.71. The number of rotatable bonds is 0. The number of Topliss-reactive ketones (excluding diaryl/α,β-unsaturated/α-hetero) is 1. The average Bonchev–Trinajstić information content (AvgIpc) is 3.03. The zero-order valence-electron chi connectivity index (χ0n) is 12.8. The van der Waals surface area contributed by atoms with Crippen LogP contribution in [0.5, 0.6) is 0 Å². The van der Waals surface area contributed by atoms with Gasteiger partial charge in [-0.3, -0.25) is 4.79 Å². The zero-order chi connectivity index (χ0) is 15.1. The second-order valence-corrected chi connectivity index (χ2v) is 7.52. The Morgan fingerprint density at radius 3 is 2.95 bits per heavy atom. The van der Waals surface area contributed by atoms with Crippen molar-refractivity contribution in [2.45, 2.75) is 44.1 Å². The van der Waals surface area contributed by atoms with Gasteiger partial charge in [-0.1, -0.05) is 36.4 Å². The summed E-state index contributed by atoms with van der Waals surface area (Å²) in [5, 5.41) is 11.5. The van der Waals surface area contributed by atoms with Crippen molar-refractivity contribution in [2.24, 2.45) is 11.3 Å². The van der Waals surface area contributed by atoms with E-state index >= 15 is 0 Å². The topological polar surface area (TPSA) is 37.3 Å². The third kappa shape index (κ3) is 1.21. The molecule has 2 saturated carbocycles. The minimum Gasteiger partial charge on any atom is -0.389 e. The monoisotopic (exact) mass is 292 g/mol. The van der Waals surface area contributed by atoms with Gasteiger partial charge in [-0.25, -0.2) is 0 Å². The Morgan fingerprint density at radius 2 is 2.09 bits per heavy atom. The fraction of sp³-hybridized carbons (Fsp3) is 0.450. The summed E-state index contributed by atoms with van der Waals surface area (Å²) in [5.41, 5.74) is 3.81. The van der Waals surface area contributed by atoms with E-state index in [9.17, 15) is 9.90 Å². The molecule has 0 radical (unpaired) electrons. The highest BCUT2D eigenvalue weighted by atomic mass is 16.3. The molecule has 0 amide bonds. The standard InChI is InChI=1S/C20H20O2/c1-12-17(21)10-14-11-19(22)8-7-16-15-5-3-2-4-13(15)6-9-20(16,19)18(12)14/h2-6,9,14,16,22H,7-8,10-11H2,1H3/t14-,16-,19+,20+/m0/s1. The Morgan fingerprint density at radius 1 is 1.27 bits per heavy atom. The van der Waals surface area contributed by atoms with Crippen molar-refractivity contribution in [2.75, 3.05) is 0 Å². The highest BCUT2D eigenvalue weighted by molar-refractivity contribution is 5.99. The summed E-state index contributed by atoms with van der Waals surface area (Å²) in [6.07, 6.45) is 7.63. The maximum atomic E-state index is 12.2. The molecule has 1 N–H and O–H groups in total. The van der Waals surface area contributed by atoms with Gasteiger partial charge in [-0.05, 0) is 54.4 Å². The molecule has 2 nitrogen and oxygen atoms in total. The summed E-state index contributed by atoms with van der Waals surface area (Å²) in [6.45, 7) is 1.97. The van der Waals surface area contributed by atoms with Crippen molar-refractivity contribution in [3.8, 4) is 0 Å². The number of carbonyl (C=O) groups excluding carboxylic acids is 1. The molecule has 1 aromatic carbocycles. The van der Waals surface area contributed by atoms with Crippen LogP contribution < -0.4 is 0 Å². The highest BCUT2D eigenvalue weighted by Gasteiger charge is 2.68. The molecule has 22 heavy (non-hydrogen) atoms. The normalized spacial score (nSPS) is 41.5. The van der Waals surface area contributed by atoms with Crippen LogP contribution in [-0.2, 0) is 4.79 Å². The molecule has 1 aromatic rings. The van der Waals surface area contributed by atoms with E-state index in [0.29, 0.717) is 12.3 Å². The maximum absolute atomic E-state index is 12.2. The van der Waals surface area contributed by atoms with E-state index in [1.807, 2.05) is 6.92 Å². The lowest BCUT2D eigenvalue weighted by atomic mass is 9.62. The quantitative estimate of drug-likeness (QED) is 0.793. The molecular weight excluding hydrogens is 272 g/mol. The largest absolute Gasteiger partial charge is 0.389 e. The van der Waals surface area contributed by atoms with E-state index in [1.54, 1.807) is 0 Å². The van der Waals surface area contributed by atoms with Crippen molar-refractivity contribution in [1.82, 2.24) is 0 Å². The van der Waals surface area contributed by atoms with Crippen molar-refractivity contribution < 1.29 is 9.90 Å². The van der Waals surface area contributed by atoms with Gasteiger partial charge in [0, 0.05) is 17.8 Å². The summed E-state index contributed by atoms with van der Waals surface area (Å²) >= 11 is 0. The Hall–Kier alpha value is -1.67. The fourth-order valence-corrected chi connectivity index (χ4v) is 5.98. The molecule has 0 aliphatic heterocycles. The van der Waals surface area contributed by atoms with Crippen LogP contribution in [0.1, 0.15) is 49.7 Å². The smallest absolute Gasteiger partial charge is 0.159 e. The first-order valence-corrected chi connectivity index (χ1v) is 8.32. The van der Waals surface area contributed by atoms with Crippen molar-refractivity contribution in [3.05, 3.63) is 52.6 Å². The van der Waals surface area contributed by atoms with Gasteiger partial charge in [0.1, 0.15) is 0 Å². The van der Waals surface area contributed by atoms with Gasteiger partial charge >= 0.3 is 0 Å². The van der Waals surface area contributed by atoms with Crippen LogP contribution in [0.4, 0.5) is 0 Å². The molecule has 0 aromatic heterocycles. The minimum absolute atomic E-state index is 0.259. The SMILES string of the molecule is CC1=C2[C@@H](CC1=O)C[C@]1(O)CC[C@H]3c4ccccc4C=C[C@]231. The van der Waals surface area contributed by atoms with Gasteiger partial charge in [-0.2, -0.15) is 0 Å². The summed E-state index contributed by atoms with van der Waals surface area (Å²) in [6, 6.07) is 8.53. The number of benzene rings is 1. The number of hydrogen-bond donors (Lipinski definition) is 1. The van der Waals surface area contributed by atoms with Gasteiger partial charge in [0.2, 0.25) is 0 Å². The third-order valence-electron chi connectivity index (χ3n) is 6.76. The second-order valence-electron chi connectivity index (χ2n) is 7.52. The number of aliphatic hydroxyl groups is 1. The molecule has 0 unspecified atom stereocenters. The number of allylic oxidation sites excluding steroid dienone is 1. The van der Waals surface area contributed by atoms with Crippen LogP contribution in [0.25, 0.3) is 6.08 Å². The molecule has 2 heteroatoms. The molecular formula is C20H20O2. The predicted octanol–water partition coefficient (Wildman–Crippen LogP) is 3.62. The Kier molecular flexibility index (Phi) is 2.22. The average molecular weight is 292 g/mol. The second kappa shape index (κ2) is 3.80. The van der Waals surface area contributed by atoms with Crippen molar-refractivity contribution in [3.63, 3.8) is 0 Å². The lowest BCUT2D eigenvalue weighted by molar-refractivity contribution is -0.115. The number of ketones is 1. The molecule has 0 heterocycles. The van der Waals surface area contributed by atoms with Gasteiger partial charge in [0.25, 0.3) is 0 Å². The number of fused-ring (bicyclic) bond motifs is 3. The van der Waals surface area contributed by atoms with Crippen LogP contribution in [0.2, 0.25) is 0 Å². The van der Waals surface area contributed by atoms with E-state index < -0.39 is 5.60 Å². The minimum atomic E-state index is -0.663. The van der Waals surface area contributed by atoms with Crippen LogP contribution in [0.15, 0.2) is 41.5 Å². The van der Waals surface area contributed by atoms with E-state index in [1.165, 1.54) is 16.7 Å². The lowest BCUT2D eigenvalue weighted by Crippen LogP contribution is -2.42. The molecule has 4 aliphatic rings. The first kappa shape index (κ1) is 12.8. The molecule has 1 spiro atoms. The third-order valence-corrected chi connectivity index (χ3v) is 6.76. The summed E-state index contributed by atoms with van der Waals surface area (Å²) in [4.78, 5) is 12.2. The van der Waals surface area contributed by atoms with Crippen LogP contribution >= 0.6 is 0 Å². The zero-order valence-corrected chi connectivity index (χ0v) is 12.8. The van der Waals surface area contributed by atoms with Crippen LogP contribution in [-0.4, -0.2) is 16.5 Å². The number of carbonyl (C=O) groups is 1. The Labute approximate surface area is 130 Å². The molecule has 4 atom stereocenters. The van der Waals surface area contributed by atoms with E-state index in [2.05, 4.69) is 36.4 Å². The molecule has 4 aliphatic carbocycles. The molecule has 2 fully saturated rings. The Balaban J connectivity index is 1.81. The maximum Gasteiger partial charge on any atom is 0.159 e. The molecule has 0 saturated heterocycles. The van der Waals surface area contributed by atoms with Gasteiger partial charge in [0.15, 0.2) is 5.78 Å². The summed E-state index contributed by atoms with van der Waals surface area (Å²) < 4.78 is 0. The van der Waals surface area contributed by atoms with E-state index in [4.69, 9.17) is 0 Å². The molecule has 112 valence electrons. The van der Waals surface area contributed by atoms with Crippen molar-refractivity contribution in [1.29, 1.82) is 0 Å². The molecule has 0 bridgehead atoms. The van der Waals surface area contributed by atoms with E-state index in [0.717, 1.165) is 24.8 Å². The first-order valence-electron chi connectivity index (χ1n) is 8.32. The van der Waals surface area contributed by atoms with Gasteiger partial charge in [-0.15, -0.1) is 0 Å². The predicted molar refractivity (Wildman–Crippen MR) is 85.3 cm³/mol. The summed E-state index contributed by atoms with van der Waals surface area (Å²) in [7, 11) is 0. The lowest BCUT2D eigenvalue weighted by Gasteiger charge is -2.42. The Bertz CT molecular complexity index is 772. The molecule has 5 rings (SSSR count). The fourth-order valence-electron chi connectivity index (χ4n) is 5.98. The van der Waals surface area contributed by atoms with Gasteiger partial charge < -0.3 is 5.11 Å². The van der Waals surface area contributed by atoms with Gasteiger partial charge in [0.05, 0.1) is 5.60 Å². The van der Waals surface area contributed by atoms with Crippen molar-refractivity contribution >= 4 is 11.9 Å². The number of hydrogen-bond acceptors (Lipinski definition) is 2. The first-order chi connectivity index (χ1) is 10.6. The van der Waals surface area contributed by atoms with Crippen LogP contribution in [0.3, 0.4) is 0 Å².